The largest absolute Gasteiger partial charge is 0.508 e. The molecule has 0 saturated heterocycles. The molecule has 0 aliphatic carbocycles. The zero-order valence-electron chi connectivity index (χ0n) is 10.4. The fraction of sp³-hybridized carbons (Fsp3) is 0.462. The topological polar surface area (TPSA) is 78.8 Å². The van der Waals surface area contributed by atoms with Crippen molar-refractivity contribution < 1.29 is 19.7 Å². The van der Waals surface area contributed by atoms with Gasteiger partial charge in [-0.3, -0.25) is 5.32 Å². The van der Waals surface area contributed by atoms with Crippen LogP contribution in [0.25, 0.3) is 0 Å². The molecule has 3 N–H and O–H groups in total. The Labute approximate surface area is 106 Å². The Morgan fingerprint density at radius 3 is 2.61 bits per heavy atom. The molecule has 5 heteroatoms. The van der Waals surface area contributed by atoms with Crippen LogP contribution in [0.1, 0.15) is 19.8 Å². The first-order valence-corrected chi connectivity index (χ1v) is 5.95. The van der Waals surface area contributed by atoms with E-state index in [0.29, 0.717) is 24.6 Å². The molecule has 1 rings (SSSR count). The van der Waals surface area contributed by atoms with E-state index in [1.54, 1.807) is 12.1 Å². The quantitative estimate of drug-likeness (QED) is 0.680. The lowest BCUT2D eigenvalue weighted by Gasteiger charge is -2.10. The van der Waals surface area contributed by atoms with Crippen LogP contribution >= 0.6 is 0 Å². The molecule has 1 aromatic rings. The summed E-state index contributed by atoms with van der Waals surface area (Å²) in [6.45, 7) is 2.48. The molecule has 0 bridgehead atoms. The summed E-state index contributed by atoms with van der Waals surface area (Å²) in [6, 6.07) is 6.15. The van der Waals surface area contributed by atoms with Crippen LogP contribution in [0.2, 0.25) is 0 Å². The summed E-state index contributed by atoms with van der Waals surface area (Å²) in [5.74, 6) is 0.475. The summed E-state index contributed by atoms with van der Waals surface area (Å²) < 4.78 is 5.00. The average Bonchev–Trinajstić information content (AvgIpc) is 2.32. The van der Waals surface area contributed by atoms with Gasteiger partial charge in [0, 0.05) is 12.3 Å². The highest BCUT2D eigenvalue weighted by Gasteiger charge is 2.05. The number of amides is 1. The number of anilines is 1. The van der Waals surface area contributed by atoms with Gasteiger partial charge in [0.15, 0.2) is 0 Å². The van der Waals surface area contributed by atoms with Gasteiger partial charge in [0.05, 0.1) is 6.61 Å². The van der Waals surface area contributed by atoms with E-state index in [1.165, 1.54) is 12.1 Å². The monoisotopic (exact) mass is 253 g/mol. The highest BCUT2D eigenvalue weighted by atomic mass is 16.5. The number of benzene rings is 1. The number of hydrogen-bond donors (Lipinski definition) is 3. The summed E-state index contributed by atoms with van der Waals surface area (Å²) in [4.78, 5) is 11.4. The summed E-state index contributed by atoms with van der Waals surface area (Å²) in [5, 5.41) is 20.4. The normalized spacial score (nSPS) is 11.9. The van der Waals surface area contributed by atoms with Crippen LogP contribution in [-0.4, -0.2) is 29.5 Å². The van der Waals surface area contributed by atoms with Crippen molar-refractivity contribution in [1.29, 1.82) is 0 Å². The van der Waals surface area contributed by atoms with Crippen LogP contribution in [0.4, 0.5) is 10.5 Å². The third-order valence-electron chi connectivity index (χ3n) is 2.58. The van der Waals surface area contributed by atoms with Crippen molar-refractivity contribution in [2.75, 3.05) is 18.5 Å². The van der Waals surface area contributed by atoms with Gasteiger partial charge in [-0.05, 0) is 43.0 Å². The summed E-state index contributed by atoms with van der Waals surface area (Å²) in [7, 11) is 0. The van der Waals surface area contributed by atoms with E-state index in [4.69, 9.17) is 14.9 Å². The molecule has 5 nitrogen and oxygen atoms in total. The minimum absolute atomic E-state index is 0.145. The van der Waals surface area contributed by atoms with Gasteiger partial charge in [0.1, 0.15) is 5.75 Å². The molecule has 0 heterocycles. The number of hydrogen-bond acceptors (Lipinski definition) is 4. The molecule has 18 heavy (non-hydrogen) atoms. The molecule has 1 atom stereocenters. The smallest absolute Gasteiger partial charge is 0.411 e. The van der Waals surface area contributed by atoms with E-state index in [9.17, 15) is 4.79 Å². The molecule has 1 unspecified atom stereocenters. The number of aliphatic hydroxyl groups excluding tert-OH is 1. The van der Waals surface area contributed by atoms with Gasteiger partial charge in [-0.25, -0.2) is 4.79 Å². The number of phenols is 1. The Kier molecular flexibility index (Phi) is 6.00. The molecule has 1 amide bonds. The van der Waals surface area contributed by atoms with Gasteiger partial charge in [-0.1, -0.05) is 6.92 Å². The maximum Gasteiger partial charge on any atom is 0.411 e. The number of aromatic hydroxyl groups is 1. The van der Waals surface area contributed by atoms with E-state index in [-0.39, 0.29) is 12.4 Å². The van der Waals surface area contributed by atoms with Crippen molar-refractivity contribution in [1.82, 2.24) is 0 Å². The van der Waals surface area contributed by atoms with Crippen LogP contribution in [0.15, 0.2) is 24.3 Å². The predicted molar refractivity (Wildman–Crippen MR) is 68.6 cm³/mol. The number of ether oxygens (including phenoxy) is 1. The molecule has 0 fully saturated rings. The molecule has 100 valence electrons. The second-order valence-electron chi connectivity index (χ2n) is 4.21. The predicted octanol–water partition coefficient (Wildman–Crippen LogP) is 2.35. The molecule has 0 aliphatic rings. The average molecular weight is 253 g/mol. The van der Waals surface area contributed by atoms with Crippen molar-refractivity contribution in [2.24, 2.45) is 5.92 Å². The third kappa shape index (κ3) is 5.54. The van der Waals surface area contributed by atoms with Crippen LogP contribution < -0.4 is 5.32 Å². The maximum atomic E-state index is 11.4. The highest BCUT2D eigenvalue weighted by molar-refractivity contribution is 5.84. The molecular formula is C13H19NO4. The van der Waals surface area contributed by atoms with E-state index < -0.39 is 6.09 Å². The summed E-state index contributed by atoms with van der Waals surface area (Å²) >= 11 is 0. The fourth-order valence-corrected chi connectivity index (χ4v) is 1.42. The van der Waals surface area contributed by atoms with Crippen molar-refractivity contribution >= 4 is 11.8 Å². The molecule has 0 spiro atoms. The maximum absolute atomic E-state index is 11.4. The van der Waals surface area contributed by atoms with E-state index in [1.807, 2.05) is 6.92 Å². The highest BCUT2D eigenvalue weighted by Crippen LogP contribution is 2.14. The zero-order chi connectivity index (χ0) is 13.4. The molecular weight excluding hydrogens is 234 g/mol. The molecule has 0 saturated carbocycles. The first-order valence-electron chi connectivity index (χ1n) is 5.95. The Bertz CT molecular complexity index is 364. The number of phenolic OH excluding ortho intramolecular Hbond substituents is 1. The van der Waals surface area contributed by atoms with Crippen LogP contribution in [-0.2, 0) is 4.74 Å². The van der Waals surface area contributed by atoms with Gasteiger partial charge in [-0.2, -0.15) is 0 Å². The fourth-order valence-electron chi connectivity index (χ4n) is 1.42. The lowest BCUT2D eigenvalue weighted by atomic mass is 10.1. The van der Waals surface area contributed by atoms with E-state index >= 15 is 0 Å². The Hall–Kier alpha value is -1.75. The number of carbonyl (C=O) groups is 1. The second kappa shape index (κ2) is 7.55. The van der Waals surface area contributed by atoms with E-state index in [0.717, 1.165) is 6.42 Å². The minimum atomic E-state index is -0.517. The first-order chi connectivity index (χ1) is 8.61. The van der Waals surface area contributed by atoms with Crippen molar-refractivity contribution in [3.05, 3.63) is 24.3 Å². The number of nitrogens with one attached hydrogen (secondary N) is 1. The first kappa shape index (κ1) is 14.3. The second-order valence-corrected chi connectivity index (χ2v) is 4.21. The molecule has 0 aliphatic heterocycles. The van der Waals surface area contributed by atoms with Crippen molar-refractivity contribution in [3.63, 3.8) is 0 Å². The van der Waals surface area contributed by atoms with Gasteiger partial charge in [0.2, 0.25) is 0 Å². The van der Waals surface area contributed by atoms with Gasteiger partial charge in [0.25, 0.3) is 0 Å². The van der Waals surface area contributed by atoms with Crippen LogP contribution in [0.5, 0.6) is 5.75 Å². The summed E-state index contributed by atoms with van der Waals surface area (Å²) in [5.41, 5.74) is 0.571. The van der Waals surface area contributed by atoms with Crippen molar-refractivity contribution in [2.45, 2.75) is 19.8 Å². The van der Waals surface area contributed by atoms with E-state index in [2.05, 4.69) is 5.32 Å². The molecule has 0 radical (unpaired) electrons. The lowest BCUT2D eigenvalue weighted by Crippen LogP contribution is -2.15. The lowest BCUT2D eigenvalue weighted by molar-refractivity contribution is 0.150. The van der Waals surface area contributed by atoms with Crippen LogP contribution in [0, 0.1) is 5.92 Å². The van der Waals surface area contributed by atoms with Gasteiger partial charge < -0.3 is 14.9 Å². The number of rotatable bonds is 6. The summed E-state index contributed by atoms with van der Waals surface area (Å²) in [6.07, 6.45) is 0.920. The standard InChI is InChI=1S/C13H19NO4/c1-10(6-8-15)7-9-18-13(17)14-11-2-4-12(16)5-3-11/h2-5,10,15-16H,6-9H2,1H3,(H,14,17). The number of carbonyl (C=O) groups excluding carboxylic acids is 1. The van der Waals surface area contributed by atoms with Crippen LogP contribution in [0.3, 0.4) is 0 Å². The van der Waals surface area contributed by atoms with Gasteiger partial charge >= 0.3 is 6.09 Å². The molecule has 1 aromatic carbocycles. The third-order valence-corrected chi connectivity index (χ3v) is 2.58. The SMILES string of the molecule is CC(CCO)CCOC(=O)Nc1ccc(O)cc1. The van der Waals surface area contributed by atoms with Crippen molar-refractivity contribution in [3.8, 4) is 5.75 Å². The van der Waals surface area contributed by atoms with Gasteiger partial charge in [-0.15, -0.1) is 0 Å². The Balaban J connectivity index is 2.23. The Morgan fingerprint density at radius 2 is 2.00 bits per heavy atom. The Morgan fingerprint density at radius 1 is 1.33 bits per heavy atom. The number of aliphatic hydroxyl groups is 1. The molecule has 0 aromatic heterocycles. The minimum Gasteiger partial charge on any atom is -0.508 e. The zero-order valence-corrected chi connectivity index (χ0v) is 10.4.